The summed E-state index contributed by atoms with van der Waals surface area (Å²) in [7, 11) is 0. The second kappa shape index (κ2) is 7.90. The third kappa shape index (κ3) is 4.25. The molecule has 138 valence electrons. The zero-order valence-corrected chi connectivity index (χ0v) is 14.6. The molecule has 0 radical (unpaired) electrons. The van der Waals surface area contributed by atoms with Crippen LogP contribution in [-0.2, 0) is 6.42 Å². The molecule has 0 saturated heterocycles. The fraction of sp³-hybridized carbons (Fsp3) is 0.200. The molecule has 2 aromatic carbocycles. The topological polar surface area (TPSA) is 68.3 Å². The van der Waals surface area contributed by atoms with Crippen molar-refractivity contribution in [2.75, 3.05) is 30.4 Å². The molecule has 27 heavy (non-hydrogen) atoms. The lowest BCUT2D eigenvalue weighted by atomic mass is 10.1. The van der Waals surface area contributed by atoms with Gasteiger partial charge in [-0.05, 0) is 30.2 Å². The van der Waals surface area contributed by atoms with E-state index in [1.54, 1.807) is 18.2 Å². The summed E-state index contributed by atoms with van der Waals surface area (Å²) in [5.41, 5.74) is 1.52. The molecule has 0 aliphatic carbocycles. The van der Waals surface area contributed by atoms with Gasteiger partial charge in [-0.2, -0.15) is 0 Å². The van der Waals surface area contributed by atoms with Gasteiger partial charge in [0.1, 0.15) is 37.0 Å². The Kier molecular flexibility index (Phi) is 5.00. The van der Waals surface area contributed by atoms with Gasteiger partial charge in [0.2, 0.25) is 0 Å². The monoisotopic (exact) mass is 366 g/mol. The molecular weight excluding hydrogens is 347 g/mol. The van der Waals surface area contributed by atoms with Crippen molar-refractivity contribution in [1.29, 1.82) is 0 Å². The van der Waals surface area contributed by atoms with Gasteiger partial charge in [0.15, 0.2) is 11.5 Å². The summed E-state index contributed by atoms with van der Waals surface area (Å²) in [5.74, 6) is 2.58. The minimum absolute atomic E-state index is 0.192. The van der Waals surface area contributed by atoms with Crippen molar-refractivity contribution in [1.82, 2.24) is 9.97 Å². The van der Waals surface area contributed by atoms with E-state index in [9.17, 15) is 4.39 Å². The van der Waals surface area contributed by atoms with Gasteiger partial charge in [-0.25, -0.2) is 14.4 Å². The molecule has 0 saturated carbocycles. The number of hydrogen-bond donors (Lipinski definition) is 2. The van der Waals surface area contributed by atoms with E-state index < -0.39 is 0 Å². The number of nitrogens with zero attached hydrogens (tertiary/aromatic N) is 2. The lowest BCUT2D eigenvalue weighted by Gasteiger charge is -2.19. The van der Waals surface area contributed by atoms with Gasteiger partial charge < -0.3 is 20.1 Å². The van der Waals surface area contributed by atoms with Crippen molar-refractivity contribution in [3.05, 3.63) is 66.2 Å². The minimum Gasteiger partial charge on any atom is -0.486 e. The number of fused-ring (bicyclic) bond motifs is 1. The van der Waals surface area contributed by atoms with Crippen molar-refractivity contribution in [2.24, 2.45) is 0 Å². The highest BCUT2D eigenvalue weighted by Crippen LogP contribution is 2.33. The quantitative estimate of drug-likeness (QED) is 0.692. The van der Waals surface area contributed by atoms with Crippen molar-refractivity contribution in [2.45, 2.75) is 6.42 Å². The summed E-state index contributed by atoms with van der Waals surface area (Å²) in [6.07, 6.45) is 2.05. The fourth-order valence-electron chi connectivity index (χ4n) is 2.82. The van der Waals surface area contributed by atoms with Crippen LogP contribution in [0.2, 0.25) is 0 Å². The van der Waals surface area contributed by atoms with E-state index in [0.717, 1.165) is 11.4 Å². The third-order valence-electron chi connectivity index (χ3n) is 4.14. The predicted molar refractivity (Wildman–Crippen MR) is 101 cm³/mol. The van der Waals surface area contributed by atoms with Gasteiger partial charge >= 0.3 is 0 Å². The Labute approximate surface area is 156 Å². The summed E-state index contributed by atoms with van der Waals surface area (Å²) in [4.78, 5) is 8.44. The average Bonchev–Trinajstić information content (AvgIpc) is 2.70. The Hall–Kier alpha value is -3.35. The fourth-order valence-corrected chi connectivity index (χ4v) is 2.82. The summed E-state index contributed by atoms with van der Waals surface area (Å²) in [5, 5.41) is 6.42. The number of hydrogen-bond acceptors (Lipinski definition) is 6. The first-order valence-electron chi connectivity index (χ1n) is 8.74. The molecule has 2 N–H and O–H groups in total. The highest BCUT2D eigenvalue weighted by Gasteiger charge is 2.12. The van der Waals surface area contributed by atoms with Crippen LogP contribution < -0.4 is 20.1 Å². The van der Waals surface area contributed by atoms with Gasteiger partial charge in [0.25, 0.3) is 0 Å². The molecule has 0 bridgehead atoms. The standard InChI is InChI=1S/C20H19FN4O2/c21-16-4-2-1-3-14(16)7-8-22-19-12-20(24-13-23-19)25-15-5-6-17-18(11-15)27-10-9-26-17/h1-6,11-13H,7-10H2,(H2,22,23,24,25). The molecule has 6 nitrogen and oxygen atoms in total. The van der Waals surface area contributed by atoms with Gasteiger partial charge in [0, 0.05) is 24.4 Å². The van der Waals surface area contributed by atoms with Crippen LogP contribution in [0, 0.1) is 5.82 Å². The maximum absolute atomic E-state index is 13.7. The molecule has 0 spiro atoms. The van der Waals surface area contributed by atoms with Gasteiger partial charge in [-0.3, -0.25) is 0 Å². The first kappa shape index (κ1) is 17.1. The van der Waals surface area contributed by atoms with Crippen molar-refractivity contribution in [3.8, 4) is 11.5 Å². The van der Waals surface area contributed by atoms with Crippen LogP contribution in [0.5, 0.6) is 11.5 Å². The van der Waals surface area contributed by atoms with Crippen LogP contribution >= 0.6 is 0 Å². The zero-order valence-electron chi connectivity index (χ0n) is 14.6. The van der Waals surface area contributed by atoms with Crippen LogP contribution in [0.25, 0.3) is 0 Å². The Morgan fingerprint density at radius 1 is 0.926 bits per heavy atom. The van der Waals surface area contributed by atoms with Crippen molar-refractivity contribution < 1.29 is 13.9 Å². The second-order valence-electron chi connectivity index (χ2n) is 6.04. The number of nitrogens with one attached hydrogen (secondary N) is 2. The van der Waals surface area contributed by atoms with Crippen molar-refractivity contribution in [3.63, 3.8) is 0 Å². The molecule has 4 rings (SSSR count). The molecule has 3 aromatic rings. The van der Waals surface area contributed by atoms with E-state index in [0.29, 0.717) is 49.1 Å². The van der Waals surface area contributed by atoms with Crippen LogP contribution in [0.3, 0.4) is 0 Å². The van der Waals surface area contributed by atoms with E-state index in [-0.39, 0.29) is 5.82 Å². The molecule has 0 amide bonds. The molecule has 7 heteroatoms. The molecule has 0 fully saturated rings. The van der Waals surface area contributed by atoms with Gasteiger partial charge in [0.05, 0.1) is 0 Å². The first-order chi connectivity index (χ1) is 13.3. The molecular formula is C20H19FN4O2. The smallest absolute Gasteiger partial charge is 0.163 e. The molecule has 0 unspecified atom stereocenters. The number of halogens is 1. The first-order valence-corrected chi connectivity index (χ1v) is 8.74. The van der Waals surface area contributed by atoms with E-state index in [4.69, 9.17) is 9.47 Å². The van der Waals surface area contributed by atoms with Crippen molar-refractivity contribution >= 4 is 17.3 Å². The Balaban J connectivity index is 1.38. The number of benzene rings is 2. The maximum Gasteiger partial charge on any atom is 0.163 e. The Morgan fingerprint density at radius 2 is 1.74 bits per heavy atom. The number of aromatic nitrogens is 2. The molecule has 2 heterocycles. The summed E-state index contributed by atoms with van der Waals surface area (Å²) in [6.45, 7) is 1.68. The predicted octanol–water partition coefficient (Wildman–Crippen LogP) is 3.79. The number of anilines is 3. The lowest BCUT2D eigenvalue weighted by molar-refractivity contribution is 0.171. The molecule has 1 aromatic heterocycles. The van der Waals surface area contributed by atoms with E-state index in [1.165, 1.54) is 12.4 Å². The van der Waals surface area contributed by atoms with Gasteiger partial charge in [-0.1, -0.05) is 18.2 Å². The summed E-state index contributed by atoms with van der Waals surface area (Å²) < 4.78 is 24.8. The SMILES string of the molecule is Fc1ccccc1CCNc1cc(Nc2ccc3c(c2)OCCO3)ncn1. The minimum atomic E-state index is -0.192. The zero-order chi connectivity index (χ0) is 18.5. The van der Waals surface area contributed by atoms with E-state index in [2.05, 4.69) is 20.6 Å². The molecule has 1 aliphatic heterocycles. The molecule has 0 atom stereocenters. The highest BCUT2D eigenvalue weighted by atomic mass is 19.1. The Bertz CT molecular complexity index is 935. The van der Waals surface area contributed by atoms with E-state index >= 15 is 0 Å². The Morgan fingerprint density at radius 3 is 2.63 bits per heavy atom. The maximum atomic E-state index is 13.7. The summed E-state index contributed by atoms with van der Waals surface area (Å²) >= 11 is 0. The summed E-state index contributed by atoms with van der Waals surface area (Å²) in [6, 6.07) is 14.2. The second-order valence-corrected chi connectivity index (χ2v) is 6.04. The largest absolute Gasteiger partial charge is 0.486 e. The number of ether oxygens (including phenoxy) is 2. The number of rotatable bonds is 6. The van der Waals surface area contributed by atoms with Gasteiger partial charge in [-0.15, -0.1) is 0 Å². The normalized spacial score (nSPS) is 12.5. The lowest BCUT2D eigenvalue weighted by Crippen LogP contribution is -2.15. The van der Waals surface area contributed by atoms with Crippen LogP contribution in [0.4, 0.5) is 21.7 Å². The third-order valence-corrected chi connectivity index (χ3v) is 4.14. The van der Waals surface area contributed by atoms with Crippen LogP contribution in [0.1, 0.15) is 5.56 Å². The van der Waals surface area contributed by atoms with Crippen LogP contribution in [0.15, 0.2) is 54.9 Å². The highest BCUT2D eigenvalue weighted by molar-refractivity contribution is 5.63. The van der Waals surface area contributed by atoms with E-state index in [1.807, 2.05) is 24.3 Å². The molecule has 1 aliphatic rings. The average molecular weight is 366 g/mol. The van der Waals surface area contributed by atoms with Crippen LogP contribution in [-0.4, -0.2) is 29.7 Å².